The van der Waals surface area contributed by atoms with Gasteiger partial charge in [-0.25, -0.2) is 4.79 Å². The lowest BCUT2D eigenvalue weighted by atomic mass is 10.1. The van der Waals surface area contributed by atoms with Crippen molar-refractivity contribution in [3.63, 3.8) is 0 Å². The lowest BCUT2D eigenvalue weighted by molar-refractivity contribution is -0.128. The van der Waals surface area contributed by atoms with E-state index in [9.17, 15) is 19.2 Å². The predicted molar refractivity (Wildman–Crippen MR) is 146 cm³/mol. The van der Waals surface area contributed by atoms with Gasteiger partial charge < -0.3 is 25.0 Å². The first-order valence-electron chi connectivity index (χ1n) is 13.0. The maximum atomic E-state index is 13.7. The molecule has 11 nitrogen and oxygen atoms in total. The fourth-order valence-corrected chi connectivity index (χ4v) is 4.71. The van der Waals surface area contributed by atoms with Crippen molar-refractivity contribution >= 4 is 23.3 Å². The summed E-state index contributed by atoms with van der Waals surface area (Å²) in [4.78, 5) is 57.2. The number of carbonyl (C=O) groups is 2. The Hall–Kier alpha value is -3.76. The Morgan fingerprint density at radius 3 is 2.53 bits per heavy atom. The number of carbonyl (C=O) groups excluding carboxylic acids is 2. The number of aromatic amines is 1. The van der Waals surface area contributed by atoms with E-state index in [-0.39, 0.29) is 48.7 Å². The molecule has 3 N–H and O–H groups in total. The molecule has 0 spiro atoms. The number of nitrogens with one attached hydrogen (secondary N) is 1. The van der Waals surface area contributed by atoms with Crippen LogP contribution in [0.4, 0.5) is 11.5 Å². The number of nitrogens with two attached hydrogens (primary N) is 1. The Bertz CT molecular complexity index is 1270. The first-order valence-corrected chi connectivity index (χ1v) is 13.0. The van der Waals surface area contributed by atoms with Gasteiger partial charge in [0.15, 0.2) is 17.2 Å². The van der Waals surface area contributed by atoms with Gasteiger partial charge in [0.2, 0.25) is 11.8 Å². The molecule has 1 fully saturated rings. The molecule has 208 valence electrons. The minimum atomic E-state index is -0.702. The van der Waals surface area contributed by atoms with Crippen LogP contribution in [0.25, 0.3) is 0 Å². The van der Waals surface area contributed by atoms with E-state index in [4.69, 9.17) is 15.2 Å². The van der Waals surface area contributed by atoms with E-state index in [1.807, 2.05) is 39.0 Å². The van der Waals surface area contributed by atoms with Crippen LogP contribution in [0.1, 0.15) is 45.6 Å². The van der Waals surface area contributed by atoms with E-state index in [0.717, 1.165) is 12.0 Å². The summed E-state index contributed by atoms with van der Waals surface area (Å²) < 4.78 is 11.9. The highest BCUT2D eigenvalue weighted by Gasteiger charge is 2.38. The highest BCUT2D eigenvalue weighted by molar-refractivity contribution is 6.00. The number of likely N-dealkylation sites (tertiary alicyclic amines) is 1. The number of nitrogen functional groups attached to an aromatic ring is 1. The first kappa shape index (κ1) is 28.8. The monoisotopic (exact) mass is 529 g/mol. The maximum absolute atomic E-state index is 13.7. The van der Waals surface area contributed by atoms with E-state index in [1.54, 1.807) is 19.1 Å². The summed E-state index contributed by atoms with van der Waals surface area (Å²) >= 11 is 0. The minimum absolute atomic E-state index is 0.0278. The molecule has 38 heavy (non-hydrogen) atoms. The second-order valence-electron chi connectivity index (χ2n) is 10.0. The van der Waals surface area contributed by atoms with E-state index >= 15 is 0 Å². The molecular formula is C27H39N5O6. The molecule has 1 saturated heterocycles. The molecule has 3 rings (SSSR count). The molecule has 1 aromatic carbocycles. The van der Waals surface area contributed by atoms with E-state index in [0.29, 0.717) is 37.4 Å². The van der Waals surface area contributed by atoms with Gasteiger partial charge in [0.05, 0.1) is 20.1 Å². The molecule has 0 aliphatic carbocycles. The number of unbranched alkanes of at least 4 members (excludes halogenated alkanes) is 1. The van der Waals surface area contributed by atoms with Gasteiger partial charge in [-0.2, -0.15) is 0 Å². The summed E-state index contributed by atoms with van der Waals surface area (Å²) in [6, 6.07) is 5.60. The molecule has 0 unspecified atom stereocenters. The number of methoxy groups -OCH3 is 2. The Morgan fingerprint density at radius 2 is 1.89 bits per heavy atom. The third-order valence-electron chi connectivity index (χ3n) is 6.72. The van der Waals surface area contributed by atoms with Crippen molar-refractivity contribution in [3.05, 3.63) is 44.6 Å². The van der Waals surface area contributed by atoms with Gasteiger partial charge in [-0.3, -0.25) is 23.9 Å². The molecule has 2 aromatic rings. The number of hydrogen-bond acceptors (Lipinski definition) is 7. The number of ether oxygens (including phenoxy) is 2. The van der Waals surface area contributed by atoms with Crippen molar-refractivity contribution in [1.82, 2.24) is 14.5 Å². The zero-order chi connectivity index (χ0) is 28.0. The standard InChI is InChI=1S/C27H39N5O6/c1-6-7-11-31(23-24(28)32(15-17(2)3)27(36)29-25(23)34)26(35)19-14-22(33)30(16-19)12-10-18-8-9-20(37-4)21(13-18)38-5/h8-9,13,17,19H,6-7,10-12,14-16,28H2,1-5H3,(H,29,34,36)/t19-/m1/s1. The molecule has 0 bridgehead atoms. The number of aromatic nitrogens is 2. The molecule has 0 saturated carbocycles. The van der Waals surface area contributed by atoms with Crippen LogP contribution in [-0.4, -0.2) is 60.1 Å². The summed E-state index contributed by atoms with van der Waals surface area (Å²) in [5.41, 5.74) is 5.94. The number of amides is 2. The third kappa shape index (κ3) is 6.38. The van der Waals surface area contributed by atoms with Crippen LogP contribution in [0.5, 0.6) is 11.5 Å². The molecule has 1 aliphatic heterocycles. The van der Waals surface area contributed by atoms with Crippen LogP contribution in [0.15, 0.2) is 27.8 Å². The van der Waals surface area contributed by atoms with E-state index < -0.39 is 17.2 Å². The molecule has 11 heteroatoms. The van der Waals surface area contributed by atoms with E-state index in [2.05, 4.69) is 4.98 Å². The van der Waals surface area contributed by atoms with Crippen LogP contribution in [-0.2, 0) is 22.6 Å². The molecule has 0 radical (unpaired) electrons. The Morgan fingerprint density at radius 1 is 1.18 bits per heavy atom. The number of H-pyrrole nitrogens is 1. The summed E-state index contributed by atoms with van der Waals surface area (Å²) in [5.74, 6) is 0.221. The minimum Gasteiger partial charge on any atom is -0.493 e. The predicted octanol–water partition coefficient (Wildman–Crippen LogP) is 2.02. The quantitative estimate of drug-likeness (QED) is 0.429. The summed E-state index contributed by atoms with van der Waals surface area (Å²) in [7, 11) is 3.14. The van der Waals surface area contributed by atoms with Crippen molar-refractivity contribution in [2.75, 3.05) is 44.5 Å². The van der Waals surface area contributed by atoms with Gasteiger partial charge in [-0.05, 0) is 36.5 Å². The largest absolute Gasteiger partial charge is 0.493 e. The number of anilines is 2. The van der Waals surface area contributed by atoms with Gasteiger partial charge in [0.25, 0.3) is 5.56 Å². The van der Waals surface area contributed by atoms with Gasteiger partial charge in [0, 0.05) is 32.6 Å². The molecular weight excluding hydrogens is 490 g/mol. The summed E-state index contributed by atoms with van der Waals surface area (Å²) in [6.45, 7) is 7.08. The van der Waals surface area contributed by atoms with Crippen molar-refractivity contribution in [2.24, 2.45) is 11.8 Å². The number of benzene rings is 1. The van der Waals surface area contributed by atoms with Crippen LogP contribution in [0.2, 0.25) is 0 Å². The van der Waals surface area contributed by atoms with Crippen LogP contribution >= 0.6 is 0 Å². The third-order valence-corrected chi connectivity index (χ3v) is 6.72. The fraction of sp³-hybridized carbons (Fsp3) is 0.556. The fourth-order valence-electron chi connectivity index (χ4n) is 4.71. The van der Waals surface area contributed by atoms with Crippen LogP contribution in [0.3, 0.4) is 0 Å². The van der Waals surface area contributed by atoms with Gasteiger partial charge in [-0.15, -0.1) is 0 Å². The average molecular weight is 530 g/mol. The smallest absolute Gasteiger partial charge is 0.330 e. The Kier molecular flexibility index (Phi) is 9.60. The summed E-state index contributed by atoms with van der Waals surface area (Å²) in [6.07, 6.45) is 2.06. The molecule has 1 atom stereocenters. The molecule has 1 aromatic heterocycles. The molecule has 2 heterocycles. The zero-order valence-corrected chi connectivity index (χ0v) is 22.9. The highest BCUT2D eigenvalue weighted by atomic mass is 16.5. The van der Waals surface area contributed by atoms with Crippen molar-refractivity contribution < 1.29 is 19.1 Å². The molecule has 2 amide bonds. The van der Waals surface area contributed by atoms with Gasteiger partial charge in [0.1, 0.15) is 5.82 Å². The summed E-state index contributed by atoms with van der Waals surface area (Å²) in [5, 5.41) is 0. The van der Waals surface area contributed by atoms with Gasteiger partial charge in [-0.1, -0.05) is 33.3 Å². The topological polar surface area (TPSA) is 140 Å². The first-order chi connectivity index (χ1) is 18.1. The lowest BCUT2D eigenvalue weighted by Gasteiger charge is -2.27. The van der Waals surface area contributed by atoms with E-state index in [1.165, 1.54) is 9.47 Å². The number of hydrogen-bond donors (Lipinski definition) is 2. The second-order valence-corrected chi connectivity index (χ2v) is 10.0. The van der Waals surface area contributed by atoms with Crippen molar-refractivity contribution in [3.8, 4) is 11.5 Å². The van der Waals surface area contributed by atoms with Crippen molar-refractivity contribution in [2.45, 2.75) is 53.0 Å². The molecule has 1 aliphatic rings. The Labute approximate surface area is 222 Å². The lowest BCUT2D eigenvalue weighted by Crippen LogP contribution is -2.44. The zero-order valence-electron chi connectivity index (χ0n) is 22.9. The SMILES string of the molecule is CCCCN(C(=O)[C@@H]1CC(=O)N(CCc2ccc(OC)c(OC)c2)C1)c1c(N)n(CC(C)C)c(=O)[nH]c1=O. The number of rotatable bonds is 12. The van der Waals surface area contributed by atoms with Crippen molar-refractivity contribution in [1.29, 1.82) is 0 Å². The Balaban J connectivity index is 1.81. The normalized spacial score (nSPS) is 15.3. The second kappa shape index (κ2) is 12.7. The van der Waals surface area contributed by atoms with Crippen LogP contribution in [0, 0.1) is 11.8 Å². The van der Waals surface area contributed by atoms with Crippen LogP contribution < -0.4 is 31.4 Å². The maximum Gasteiger partial charge on any atom is 0.330 e. The highest BCUT2D eigenvalue weighted by Crippen LogP contribution is 2.29. The average Bonchev–Trinajstić information content (AvgIpc) is 3.26. The number of nitrogens with zero attached hydrogens (tertiary/aromatic N) is 3. The van der Waals surface area contributed by atoms with Gasteiger partial charge >= 0.3 is 5.69 Å².